The number of fused-ring (bicyclic) bond motifs is 1. The highest BCUT2D eigenvalue weighted by molar-refractivity contribution is 5.95. The number of imidazole rings is 1. The number of nitrogens with one attached hydrogen (secondary N) is 1. The van der Waals surface area contributed by atoms with Gasteiger partial charge >= 0.3 is 0 Å². The Morgan fingerprint density at radius 2 is 1.61 bits per heavy atom. The van der Waals surface area contributed by atoms with Gasteiger partial charge in [0.25, 0.3) is 5.91 Å². The van der Waals surface area contributed by atoms with Crippen molar-refractivity contribution in [2.45, 2.75) is 0 Å². The van der Waals surface area contributed by atoms with Crippen LogP contribution >= 0.6 is 0 Å². The van der Waals surface area contributed by atoms with E-state index in [1.807, 2.05) is 79.3 Å². The van der Waals surface area contributed by atoms with Crippen molar-refractivity contribution in [2.24, 2.45) is 0 Å². The quantitative estimate of drug-likeness (QED) is 0.454. The summed E-state index contributed by atoms with van der Waals surface area (Å²) >= 11 is 0. The van der Waals surface area contributed by atoms with E-state index in [0.717, 1.165) is 39.3 Å². The number of benzene rings is 2. The van der Waals surface area contributed by atoms with Gasteiger partial charge < -0.3 is 5.32 Å². The molecule has 0 spiro atoms. The average Bonchev–Trinajstić information content (AvgIpc) is 3.27. The molecule has 0 saturated heterocycles. The van der Waals surface area contributed by atoms with E-state index >= 15 is 0 Å². The summed E-state index contributed by atoms with van der Waals surface area (Å²) in [6.45, 7) is 0. The zero-order valence-corrected chi connectivity index (χ0v) is 17.0. The topological polar surface area (TPSA) is 59.3 Å². The first kappa shape index (κ1) is 18.8. The van der Waals surface area contributed by atoms with Crippen molar-refractivity contribution >= 4 is 11.6 Å². The highest BCUT2D eigenvalue weighted by Crippen LogP contribution is 2.28. The minimum Gasteiger partial charge on any atom is -0.355 e. The van der Waals surface area contributed by atoms with Gasteiger partial charge in [-0.25, -0.2) is 4.98 Å². The summed E-state index contributed by atoms with van der Waals surface area (Å²) in [4.78, 5) is 21.1. The van der Waals surface area contributed by atoms with E-state index in [0.29, 0.717) is 5.56 Å². The molecule has 3 heterocycles. The van der Waals surface area contributed by atoms with E-state index in [4.69, 9.17) is 0 Å². The molecule has 150 valence electrons. The van der Waals surface area contributed by atoms with Gasteiger partial charge in [-0.3, -0.25) is 14.2 Å². The highest BCUT2D eigenvalue weighted by atomic mass is 16.1. The van der Waals surface area contributed by atoms with Crippen LogP contribution in [0, 0.1) is 0 Å². The molecular weight excluding hydrogens is 384 g/mol. The van der Waals surface area contributed by atoms with Crippen LogP contribution in [-0.2, 0) is 0 Å². The Kier molecular flexibility index (Phi) is 4.77. The maximum absolute atomic E-state index is 12.0. The number of rotatable bonds is 4. The molecule has 3 aromatic heterocycles. The zero-order valence-electron chi connectivity index (χ0n) is 17.0. The number of hydrogen-bond donors (Lipinski definition) is 1. The van der Waals surface area contributed by atoms with Crippen LogP contribution in [0.3, 0.4) is 0 Å². The Morgan fingerprint density at radius 1 is 0.806 bits per heavy atom. The lowest BCUT2D eigenvalue weighted by atomic mass is 10.0. The zero-order chi connectivity index (χ0) is 21.2. The molecule has 5 aromatic rings. The lowest BCUT2D eigenvalue weighted by Gasteiger charge is -2.08. The smallest absolute Gasteiger partial charge is 0.251 e. The molecule has 0 fully saturated rings. The first-order chi connectivity index (χ1) is 15.2. The number of aromatic nitrogens is 3. The Labute approximate surface area is 180 Å². The van der Waals surface area contributed by atoms with Gasteiger partial charge in [0.1, 0.15) is 5.65 Å². The molecule has 0 aliphatic carbocycles. The van der Waals surface area contributed by atoms with Crippen molar-refractivity contribution in [3.8, 4) is 33.6 Å². The normalized spacial score (nSPS) is 10.9. The second-order valence-electron chi connectivity index (χ2n) is 7.24. The van der Waals surface area contributed by atoms with Gasteiger partial charge in [0.15, 0.2) is 0 Å². The molecule has 2 aromatic carbocycles. The van der Waals surface area contributed by atoms with Crippen LogP contribution in [0.1, 0.15) is 10.4 Å². The fraction of sp³-hybridized carbons (Fsp3) is 0.0385. The maximum Gasteiger partial charge on any atom is 0.251 e. The average molecular weight is 404 g/mol. The minimum absolute atomic E-state index is 0.0991. The summed E-state index contributed by atoms with van der Waals surface area (Å²) in [5, 5.41) is 2.67. The highest BCUT2D eigenvalue weighted by Gasteiger charge is 2.10. The third-order valence-corrected chi connectivity index (χ3v) is 5.32. The maximum atomic E-state index is 12.0. The van der Waals surface area contributed by atoms with Gasteiger partial charge in [0.2, 0.25) is 0 Å². The van der Waals surface area contributed by atoms with E-state index in [9.17, 15) is 4.79 Å². The van der Waals surface area contributed by atoms with Crippen LogP contribution in [0.5, 0.6) is 0 Å². The van der Waals surface area contributed by atoms with Crippen LogP contribution in [0.2, 0.25) is 0 Å². The Hall–Kier alpha value is -4.25. The van der Waals surface area contributed by atoms with Gasteiger partial charge in [-0.05, 0) is 47.5 Å². The Bertz CT molecular complexity index is 1390. The predicted octanol–water partition coefficient (Wildman–Crippen LogP) is 5.09. The molecule has 0 saturated carbocycles. The number of nitrogens with zero attached hydrogens (tertiary/aromatic N) is 3. The molecule has 0 aliphatic rings. The molecule has 0 unspecified atom stereocenters. The van der Waals surface area contributed by atoms with Crippen LogP contribution in [0.25, 0.3) is 39.3 Å². The van der Waals surface area contributed by atoms with E-state index < -0.39 is 0 Å². The van der Waals surface area contributed by atoms with Gasteiger partial charge in [-0.2, -0.15) is 0 Å². The molecule has 0 atom stereocenters. The molecule has 5 heteroatoms. The van der Waals surface area contributed by atoms with Crippen LogP contribution in [0.4, 0.5) is 0 Å². The van der Waals surface area contributed by atoms with Crippen molar-refractivity contribution < 1.29 is 4.79 Å². The Balaban J connectivity index is 1.53. The molecule has 0 radical (unpaired) electrons. The van der Waals surface area contributed by atoms with Gasteiger partial charge in [0, 0.05) is 36.1 Å². The number of amides is 1. The summed E-state index contributed by atoms with van der Waals surface area (Å²) in [6.07, 6.45) is 5.72. The van der Waals surface area contributed by atoms with Crippen LogP contribution < -0.4 is 5.32 Å². The van der Waals surface area contributed by atoms with Gasteiger partial charge in [0.05, 0.1) is 17.6 Å². The summed E-state index contributed by atoms with van der Waals surface area (Å²) in [6, 6.07) is 25.9. The SMILES string of the molecule is CNC(=O)c1cccc(-c2ccn3c(-c4ccnc(-c5ccccc5)c4)cnc3c2)c1. The van der Waals surface area contributed by atoms with Crippen molar-refractivity contribution in [3.63, 3.8) is 0 Å². The molecule has 0 aliphatic heterocycles. The third kappa shape index (κ3) is 3.57. The number of hydrogen-bond acceptors (Lipinski definition) is 3. The van der Waals surface area contributed by atoms with Crippen molar-refractivity contribution in [2.75, 3.05) is 7.05 Å². The second-order valence-corrected chi connectivity index (χ2v) is 7.24. The van der Waals surface area contributed by atoms with E-state index in [1.165, 1.54) is 0 Å². The fourth-order valence-electron chi connectivity index (χ4n) is 3.71. The van der Waals surface area contributed by atoms with Crippen molar-refractivity contribution in [1.82, 2.24) is 19.7 Å². The van der Waals surface area contributed by atoms with E-state index in [1.54, 1.807) is 7.05 Å². The lowest BCUT2D eigenvalue weighted by molar-refractivity contribution is 0.0963. The van der Waals surface area contributed by atoms with E-state index in [-0.39, 0.29) is 5.91 Å². The third-order valence-electron chi connectivity index (χ3n) is 5.32. The molecule has 0 bridgehead atoms. The largest absolute Gasteiger partial charge is 0.355 e. The molecular formula is C26H20N4O. The molecule has 1 N–H and O–H groups in total. The van der Waals surface area contributed by atoms with Crippen LogP contribution in [0.15, 0.2) is 97.5 Å². The lowest BCUT2D eigenvalue weighted by Crippen LogP contribution is -2.17. The predicted molar refractivity (Wildman–Crippen MR) is 123 cm³/mol. The van der Waals surface area contributed by atoms with Crippen molar-refractivity contribution in [3.05, 3.63) is 103 Å². The number of carbonyl (C=O) groups is 1. The van der Waals surface area contributed by atoms with E-state index in [2.05, 4.69) is 37.9 Å². The first-order valence-corrected chi connectivity index (χ1v) is 10.0. The molecule has 31 heavy (non-hydrogen) atoms. The molecule has 5 rings (SSSR count). The molecule has 5 nitrogen and oxygen atoms in total. The fourth-order valence-corrected chi connectivity index (χ4v) is 3.71. The first-order valence-electron chi connectivity index (χ1n) is 10.0. The second kappa shape index (κ2) is 7.88. The standard InChI is InChI=1S/C26H20N4O/c1-27-26(31)22-9-5-8-19(14-22)20-11-13-30-24(17-29-25(30)16-20)21-10-12-28-23(15-21)18-6-3-2-4-7-18/h2-17H,1H3,(H,27,31). The number of pyridine rings is 2. The summed E-state index contributed by atoms with van der Waals surface area (Å²) in [5.41, 5.74) is 7.52. The van der Waals surface area contributed by atoms with Crippen molar-refractivity contribution in [1.29, 1.82) is 0 Å². The minimum atomic E-state index is -0.0991. The number of carbonyl (C=O) groups excluding carboxylic acids is 1. The summed E-state index contributed by atoms with van der Waals surface area (Å²) < 4.78 is 2.07. The van der Waals surface area contributed by atoms with Gasteiger partial charge in [-0.1, -0.05) is 42.5 Å². The monoisotopic (exact) mass is 404 g/mol. The Morgan fingerprint density at radius 3 is 2.45 bits per heavy atom. The molecule has 1 amide bonds. The van der Waals surface area contributed by atoms with Gasteiger partial charge in [-0.15, -0.1) is 0 Å². The summed E-state index contributed by atoms with van der Waals surface area (Å²) in [7, 11) is 1.63. The van der Waals surface area contributed by atoms with Crippen LogP contribution in [-0.4, -0.2) is 27.3 Å². The summed E-state index contributed by atoms with van der Waals surface area (Å²) in [5.74, 6) is -0.0991.